The number of nitrogens with one attached hydrogen (secondary N) is 1. The van der Waals surface area contributed by atoms with Gasteiger partial charge in [-0.1, -0.05) is 5.57 Å². The average Bonchev–Trinajstić information content (AvgIpc) is 2.05. The van der Waals surface area contributed by atoms with Gasteiger partial charge in [-0.2, -0.15) is 0 Å². The van der Waals surface area contributed by atoms with Crippen molar-refractivity contribution >= 4 is 12.7 Å². The van der Waals surface area contributed by atoms with Gasteiger partial charge in [0.05, 0.1) is 0 Å². The van der Waals surface area contributed by atoms with Gasteiger partial charge < -0.3 is 11.1 Å². The first kappa shape index (κ1) is 10.8. The Morgan fingerprint density at radius 1 is 1.58 bits per heavy atom. The molecule has 0 aromatic rings. The molecule has 0 aliphatic rings. The van der Waals surface area contributed by atoms with Gasteiger partial charge in [-0.05, 0) is 20.6 Å². The maximum absolute atomic E-state index is 5.29. The predicted octanol–water partition coefficient (Wildman–Crippen LogP) is 0.515. The van der Waals surface area contributed by atoms with E-state index in [1.54, 1.807) is 6.20 Å². The fraction of sp³-hybridized carbons (Fsp3) is 0.500. The van der Waals surface area contributed by atoms with Crippen molar-refractivity contribution < 1.29 is 0 Å². The van der Waals surface area contributed by atoms with E-state index in [1.807, 2.05) is 13.8 Å². The van der Waals surface area contributed by atoms with E-state index in [0.717, 1.165) is 5.57 Å². The normalized spacial score (nSPS) is 10.8. The Balaban J connectivity index is 4.04. The molecule has 0 saturated carbocycles. The zero-order valence-electron chi connectivity index (χ0n) is 7.67. The summed E-state index contributed by atoms with van der Waals surface area (Å²) in [5, 5.41) is 2.93. The van der Waals surface area contributed by atoms with Crippen LogP contribution in [0.3, 0.4) is 0 Å². The van der Waals surface area contributed by atoms with Crippen molar-refractivity contribution in [3.8, 4) is 0 Å². The lowest BCUT2D eigenvalue weighted by Crippen LogP contribution is -2.27. The Morgan fingerprint density at radius 3 is 2.67 bits per heavy atom. The van der Waals surface area contributed by atoms with Crippen LogP contribution >= 0.6 is 0 Å². The molecule has 0 saturated heterocycles. The second kappa shape index (κ2) is 6.54. The first-order valence-corrected chi connectivity index (χ1v) is 3.82. The van der Waals surface area contributed by atoms with Gasteiger partial charge in [0.15, 0.2) is 0 Å². The maximum Gasteiger partial charge on any atom is 0.222 e. The summed E-state index contributed by atoms with van der Waals surface area (Å²) in [6.45, 7) is 8.53. The summed E-state index contributed by atoms with van der Waals surface area (Å²) in [5.41, 5.74) is 6.41. The van der Waals surface area contributed by atoms with Crippen LogP contribution in [0.5, 0.6) is 0 Å². The van der Waals surface area contributed by atoms with Crippen LogP contribution < -0.4 is 11.1 Å². The van der Waals surface area contributed by atoms with E-state index in [-0.39, 0.29) is 0 Å². The topological polar surface area (TPSA) is 62.8 Å². The summed E-state index contributed by atoms with van der Waals surface area (Å²) in [6.07, 6.45) is 1.73. The molecule has 0 spiro atoms. The van der Waals surface area contributed by atoms with E-state index in [9.17, 15) is 0 Å². The van der Waals surface area contributed by atoms with Crippen LogP contribution in [-0.2, 0) is 0 Å². The number of aliphatic imine (C=N–C) groups is 2. The highest BCUT2D eigenvalue weighted by molar-refractivity contribution is 5.84. The molecule has 0 heterocycles. The smallest absolute Gasteiger partial charge is 0.222 e. The number of hydrogen-bond donors (Lipinski definition) is 2. The van der Waals surface area contributed by atoms with Crippen LogP contribution in [0.4, 0.5) is 0 Å². The molecule has 12 heavy (non-hydrogen) atoms. The third kappa shape index (κ3) is 5.61. The molecule has 0 atom stereocenters. The molecule has 0 aliphatic heterocycles. The zero-order valence-corrected chi connectivity index (χ0v) is 7.67. The quantitative estimate of drug-likeness (QED) is 0.476. The Bertz CT molecular complexity index is 189. The lowest BCUT2D eigenvalue weighted by Gasteiger charge is -2.00. The third-order valence-corrected chi connectivity index (χ3v) is 1.02. The van der Waals surface area contributed by atoms with Crippen LogP contribution in [0.15, 0.2) is 21.8 Å². The van der Waals surface area contributed by atoms with Crippen LogP contribution in [0.1, 0.15) is 13.8 Å². The number of nitrogens with zero attached hydrogens (tertiary/aromatic N) is 2. The summed E-state index contributed by atoms with van der Waals surface area (Å²) in [4.78, 5) is 7.72. The number of nitrogens with two attached hydrogens (primary N) is 1. The molecule has 0 fully saturated rings. The van der Waals surface area contributed by atoms with Crippen LogP contribution in [0.25, 0.3) is 0 Å². The minimum absolute atomic E-state index is 0.515. The van der Waals surface area contributed by atoms with Gasteiger partial charge in [-0.3, -0.25) is 0 Å². The molecule has 0 bridgehead atoms. The standard InChI is InChI=1S/C8H16N4/c1-7(2)6-12-8(10-3)11-5-4-9/h6H,3-5,9H2,1-2H3,(H,11,12). The van der Waals surface area contributed by atoms with Crippen molar-refractivity contribution in [1.29, 1.82) is 0 Å². The summed E-state index contributed by atoms with van der Waals surface area (Å²) in [7, 11) is 0. The first-order valence-electron chi connectivity index (χ1n) is 3.82. The monoisotopic (exact) mass is 168 g/mol. The summed E-state index contributed by atoms with van der Waals surface area (Å²) < 4.78 is 0. The molecule has 0 aromatic heterocycles. The van der Waals surface area contributed by atoms with E-state index in [1.165, 1.54) is 0 Å². The van der Waals surface area contributed by atoms with E-state index < -0.39 is 0 Å². The molecule has 0 rings (SSSR count). The Labute approximate surface area is 73.3 Å². The van der Waals surface area contributed by atoms with Crippen molar-refractivity contribution in [3.05, 3.63) is 11.8 Å². The molecule has 4 nitrogen and oxygen atoms in total. The number of rotatable bonds is 3. The Kier molecular flexibility index (Phi) is 5.91. The van der Waals surface area contributed by atoms with Crippen LogP contribution in [0.2, 0.25) is 0 Å². The SMILES string of the molecule is C=N/C(=N\C=C(C)C)NCCN. The molecule has 0 aliphatic carbocycles. The highest BCUT2D eigenvalue weighted by Crippen LogP contribution is 1.89. The van der Waals surface area contributed by atoms with E-state index in [4.69, 9.17) is 5.73 Å². The van der Waals surface area contributed by atoms with Gasteiger partial charge in [0, 0.05) is 19.3 Å². The van der Waals surface area contributed by atoms with Crippen molar-refractivity contribution in [1.82, 2.24) is 5.32 Å². The number of guanidine groups is 1. The number of allylic oxidation sites excluding steroid dienone is 1. The second-order valence-electron chi connectivity index (χ2n) is 2.53. The molecule has 0 aromatic carbocycles. The van der Waals surface area contributed by atoms with Gasteiger partial charge in [-0.15, -0.1) is 0 Å². The maximum atomic E-state index is 5.29. The van der Waals surface area contributed by atoms with Gasteiger partial charge in [0.1, 0.15) is 0 Å². The number of hydrogen-bond acceptors (Lipinski definition) is 2. The fourth-order valence-corrected chi connectivity index (χ4v) is 0.517. The zero-order chi connectivity index (χ0) is 9.40. The molecule has 0 unspecified atom stereocenters. The molecule has 3 N–H and O–H groups in total. The molecule has 68 valence electrons. The molecule has 0 amide bonds. The van der Waals surface area contributed by atoms with Gasteiger partial charge in [0.25, 0.3) is 0 Å². The summed E-state index contributed by atoms with van der Waals surface area (Å²) >= 11 is 0. The van der Waals surface area contributed by atoms with E-state index >= 15 is 0 Å². The average molecular weight is 168 g/mol. The minimum atomic E-state index is 0.515. The highest BCUT2D eigenvalue weighted by Gasteiger charge is 1.88. The predicted molar refractivity (Wildman–Crippen MR) is 53.5 cm³/mol. The molecular formula is C8H16N4. The van der Waals surface area contributed by atoms with Gasteiger partial charge >= 0.3 is 0 Å². The molecule has 4 heteroatoms. The van der Waals surface area contributed by atoms with E-state index in [0.29, 0.717) is 19.0 Å². The van der Waals surface area contributed by atoms with Gasteiger partial charge in [0.2, 0.25) is 5.96 Å². The first-order chi connectivity index (χ1) is 5.70. The Hall–Kier alpha value is -1.16. The summed E-state index contributed by atoms with van der Waals surface area (Å²) in [6, 6.07) is 0. The summed E-state index contributed by atoms with van der Waals surface area (Å²) in [5.74, 6) is 0.515. The fourth-order valence-electron chi connectivity index (χ4n) is 0.517. The van der Waals surface area contributed by atoms with Crippen molar-refractivity contribution in [3.63, 3.8) is 0 Å². The minimum Gasteiger partial charge on any atom is -0.353 e. The second-order valence-corrected chi connectivity index (χ2v) is 2.53. The van der Waals surface area contributed by atoms with Crippen molar-refractivity contribution in [2.24, 2.45) is 15.7 Å². The Morgan fingerprint density at radius 2 is 2.25 bits per heavy atom. The van der Waals surface area contributed by atoms with Crippen LogP contribution in [-0.4, -0.2) is 25.8 Å². The highest BCUT2D eigenvalue weighted by atomic mass is 15.1. The van der Waals surface area contributed by atoms with E-state index in [2.05, 4.69) is 22.0 Å². The lowest BCUT2D eigenvalue weighted by atomic mass is 10.4. The van der Waals surface area contributed by atoms with Crippen LogP contribution in [0, 0.1) is 0 Å². The molecular weight excluding hydrogens is 152 g/mol. The van der Waals surface area contributed by atoms with Gasteiger partial charge in [-0.25, -0.2) is 9.98 Å². The largest absolute Gasteiger partial charge is 0.353 e. The lowest BCUT2D eigenvalue weighted by molar-refractivity contribution is 0.869. The third-order valence-electron chi connectivity index (χ3n) is 1.02. The van der Waals surface area contributed by atoms with Crippen molar-refractivity contribution in [2.75, 3.05) is 13.1 Å². The molecule has 0 radical (unpaired) electrons. The van der Waals surface area contributed by atoms with Crippen molar-refractivity contribution in [2.45, 2.75) is 13.8 Å².